The molecular formula is C10H17NO3. The molecule has 0 unspecified atom stereocenters. The quantitative estimate of drug-likeness (QED) is 0.653. The third kappa shape index (κ3) is 6.22. The summed E-state index contributed by atoms with van der Waals surface area (Å²) in [6.45, 7) is 6.66. The Balaban J connectivity index is 3.92. The summed E-state index contributed by atoms with van der Waals surface area (Å²) in [6, 6.07) is 0. The van der Waals surface area contributed by atoms with Gasteiger partial charge >= 0.3 is 5.97 Å². The zero-order valence-corrected chi connectivity index (χ0v) is 8.83. The Hall–Kier alpha value is -1.32. The Morgan fingerprint density at radius 1 is 1.36 bits per heavy atom. The van der Waals surface area contributed by atoms with Crippen molar-refractivity contribution >= 4 is 11.9 Å². The molecule has 0 rings (SSSR count). The lowest BCUT2D eigenvalue weighted by Gasteiger charge is -2.22. The van der Waals surface area contributed by atoms with Crippen LogP contribution in [0.1, 0.15) is 27.2 Å². The molecule has 0 saturated heterocycles. The van der Waals surface area contributed by atoms with Gasteiger partial charge in [0, 0.05) is 18.7 Å². The average Bonchev–Trinajstić information content (AvgIpc) is 2.11. The average molecular weight is 199 g/mol. The zero-order valence-electron chi connectivity index (χ0n) is 8.83. The minimum absolute atomic E-state index is 0.0483. The number of amides is 1. The Kier molecular flexibility index (Phi) is 4.91. The molecule has 0 bridgehead atoms. The van der Waals surface area contributed by atoms with E-state index in [4.69, 9.17) is 5.11 Å². The predicted octanol–water partition coefficient (Wildman–Crippen LogP) is 1.18. The van der Waals surface area contributed by atoms with Crippen LogP contribution in [0.15, 0.2) is 12.2 Å². The predicted molar refractivity (Wildman–Crippen MR) is 53.9 cm³/mol. The first kappa shape index (κ1) is 12.7. The van der Waals surface area contributed by atoms with Crippen LogP contribution in [0, 0.1) is 5.41 Å². The van der Waals surface area contributed by atoms with Crippen molar-refractivity contribution in [2.45, 2.75) is 27.2 Å². The summed E-state index contributed by atoms with van der Waals surface area (Å²) in [5.41, 5.74) is 0.0483. The van der Waals surface area contributed by atoms with Gasteiger partial charge in [-0.05, 0) is 11.8 Å². The van der Waals surface area contributed by atoms with E-state index in [-0.39, 0.29) is 11.3 Å². The van der Waals surface area contributed by atoms with Gasteiger partial charge in [0.25, 0.3) is 0 Å². The molecule has 4 heteroatoms. The van der Waals surface area contributed by atoms with Crippen molar-refractivity contribution < 1.29 is 14.7 Å². The maximum atomic E-state index is 11.0. The van der Waals surface area contributed by atoms with E-state index in [1.807, 2.05) is 20.8 Å². The van der Waals surface area contributed by atoms with Gasteiger partial charge in [-0.1, -0.05) is 20.8 Å². The number of rotatable bonds is 5. The molecule has 1 amide bonds. The second kappa shape index (κ2) is 5.42. The van der Waals surface area contributed by atoms with Crippen LogP contribution in [0.5, 0.6) is 0 Å². The molecule has 0 aromatic heterocycles. The first-order chi connectivity index (χ1) is 6.37. The van der Waals surface area contributed by atoms with Gasteiger partial charge in [0.15, 0.2) is 0 Å². The topological polar surface area (TPSA) is 66.4 Å². The maximum absolute atomic E-state index is 11.0. The summed E-state index contributed by atoms with van der Waals surface area (Å²) in [5, 5.41) is 10.9. The molecular weight excluding hydrogens is 182 g/mol. The van der Waals surface area contributed by atoms with Crippen LogP contribution in [0.4, 0.5) is 0 Å². The Morgan fingerprint density at radius 2 is 1.93 bits per heavy atom. The van der Waals surface area contributed by atoms with E-state index in [0.29, 0.717) is 6.54 Å². The van der Waals surface area contributed by atoms with Crippen molar-refractivity contribution in [3.8, 4) is 0 Å². The SMILES string of the molecule is CCC(C)(C)CNC(=O)/C=C/C(=O)O. The highest BCUT2D eigenvalue weighted by Crippen LogP contribution is 2.17. The summed E-state index contributed by atoms with van der Waals surface area (Å²) in [6.07, 6.45) is 2.80. The largest absolute Gasteiger partial charge is 0.478 e. The van der Waals surface area contributed by atoms with Crippen LogP contribution < -0.4 is 5.32 Å². The molecule has 14 heavy (non-hydrogen) atoms. The van der Waals surface area contributed by atoms with E-state index in [1.165, 1.54) is 0 Å². The third-order valence-electron chi connectivity index (χ3n) is 2.08. The van der Waals surface area contributed by atoms with Crippen LogP contribution in [-0.4, -0.2) is 23.5 Å². The lowest BCUT2D eigenvalue weighted by atomic mass is 9.90. The first-order valence-electron chi connectivity index (χ1n) is 4.56. The van der Waals surface area contributed by atoms with E-state index in [9.17, 15) is 9.59 Å². The maximum Gasteiger partial charge on any atom is 0.328 e. The van der Waals surface area contributed by atoms with Crippen LogP contribution >= 0.6 is 0 Å². The first-order valence-corrected chi connectivity index (χ1v) is 4.56. The van der Waals surface area contributed by atoms with E-state index in [2.05, 4.69) is 5.32 Å². The highest BCUT2D eigenvalue weighted by atomic mass is 16.4. The molecule has 0 heterocycles. The highest BCUT2D eigenvalue weighted by Gasteiger charge is 2.15. The molecule has 0 aliphatic carbocycles. The Morgan fingerprint density at radius 3 is 2.36 bits per heavy atom. The molecule has 0 radical (unpaired) electrons. The summed E-state index contributed by atoms with van der Waals surface area (Å²) in [7, 11) is 0. The van der Waals surface area contributed by atoms with Crippen molar-refractivity contribution in [1.82, 2.24) is 5.32 Å². The molecule has 4 nitrogen and oxygen atoms in total. The number of hydrogen-bond donors (Lipinski definition) is 2. The molecule has 2 N–H and O–H groups in total. The summed E-state index contributed by atoms with van der Waals surface area (Å²) in [4.78, 5) is 21.1. The minimum atomic E-state index is -1.12. The molecule has 0 aromatic rings. The highest BCUT2D eigenvalue weighted by molar-refractivity contribution is 5.93. The fourth-order valence-electron chi connectivity index (χ4n) is 0.657. The standard InChI is InChI=1S/C10H17NO3/c1-4-10(2,3)7-11-8(12)5-6-9(13)14/h5-6H,4,7H2,1-3H3,(H,11,12)(H,13,14)/b6-5+. The molecule has 0 aromatic carbocycles. The van der Waals surface area contributed by atoms with Crippen LogP contribution in [0.2, 0.25) is 0 Å². The van der Waals surface area contributed by atoms with Crippen molar-refractivity contribution in [1.29, 1.82) is 0 Å². The van der Waals surface area contributed by atoms with Crippen molar-refractivity contribution in [2.75, 3.05) is 6.54 Å². The summed E-state index contributed by atoms with van der Waals surface area (Å²) in [5.74, 6) is -1.48. The van der Waals surface area contributed by atoms with E-state index >= 15 is 0 Å². The van der Waals surface area contributed by atoms with E-state index < -0.39 is 5.97 Å². The second-order valence-corrected chi connectivity index (χ2v) is 3.91. The van der Waals surface area contributed by atoms with Crippen LogP contribution in [0.25, 0.3) is 0 Å². The zero-order chi connectivity index (χ0) is 11.2. The van der Waals surface area contributed by atoms with E-state index in [1.54, 1.807) is 0 Å². The molecule has 0 aliphatic heterocycles. The fourth-order valence-corrected chi connectivity index (χ4v) is 0.657. The van der Waals surface area contributed by atoms with Gasteiger partial charge in [-0.2, -0.15) is 0 Å². The number of aliphatic carboxylic acids is 1. The lowest BCUT2D eigenvalue weighted by Crippen LogP contribution is -2.32. The summed E-state index contributed by atoms with van der Waals surface area (Å²) < 4.78 is 0. The normalized spacial score (nSPS) is 11.6. The lowest BCUT2D eigenvalue weighted by molar-refractivity contribution is -0.131. The smallest absolute Gasteiger partial charge is 0.328 e. The van der Waals surface area contributed by atoms with Gasteiger partial charge in [0.2, 0.25) is 5.91 Å². The summed E-state index contributed by atoms with van der Waals surface area (Å²) >= 11 is 0. The Bertz CT molecular complexity index is 244. The van der Waals surface area contributed by atoms with Crippen LogP contribution in [-0.2, 0) is 9.59 Å². The fraction of sp³-hybridized carbons (Fsp3) is 0.600. The van der Waals surface area contributed by atoms with E-state index in [0.717, 1.165) is 18.6 Å². The minimum Gasteiger partial charge on any atom is -0.478 e. The van der Waals surface area contributed by atoms with Gasteiger partial charge in [0.1, 0.15) is 0 Å². The second-order valence-electron chi connectivity index (χ2n) is 3.91. The van der Waals surface area contributed by atoms with Gasteiger partial charge in [-0.25, -0.2) is 4.79 Å². The molecule has 80 valence electrons. The molecule has 0 fully saturated rings. The number of carbonyl (C=O) groups is 2. The monoisotopic (exact) mass is 199 g/mol. The third-order valence-corrected chi connectivity index (χ3v) is 2.08. The van der Waals surface area contributed by atoms with Gasteiger partial charge in [0.05, 0.1) is 0 Å². The van der Waals surface area contributed by atoms with Gasteiger partial charge in [-0.3, -0.25) is 4.79 Å². The number of carboxylic acids is 1. The number of nitrogens with one attached hydrogen (secondary N) is 1. The molecule has 0 saturated carbocycles. The van der Waals surface area contributed by atoms with Crippen molar-refractivity contribution in [3.05, 3.63) is 12.2 Å². The molecule has 0 aliphatic rings. The van der Waals surface area contributed by atoms with Gasteiger partial charge in [-0.15, -0.1) is 0 Å². The number of carboxylic acid groups (broad SMARTS) is 1. The van der Waals surface area contributed by atoms with Crippen molar-refractivity contribution in [2.24, 2.45) is 5.41 Å². The number of carbonyl (C=O) groups excluding carboxylic acids is 1. The molecule has 0 atom stereocenters. The van der Waals surface area contributed by atoms with Crippen LogP contribution in [0.3, 0.4) is 0 Å². The number of hydrogen-bond acceptors (Lipinski definition) is 2. The molecule has 0 spiro atoms. The van der Waals surface area contributed by atoms with Gasteiger partial charge < -0.3 is 10.4 Å². The Labute approximate surface area is 84.0 Å². The van der Waals surface area contributed by atoms with Crippen molar-refractivity contribution in [3.63, 3.8) is 0 Å².